The maximum Gasteiger partial charge on any atom is 0.276 e. The van der Waals surface area contributed by atoms with Crippen LogP contribution in [0.4, 0.5) is 11.4 Å². The number of nitrogens with zero attached hydrogens (tertiary/aromatic N) is 3. The van der Waals surface area contributed by atoms with Crippen molar-refractivity contribution in [3.8, 4) is 0 Å². The third kappa shape index (κ3) is 6.30. The van der Waals surface area contributed by atoms with Crippen molar-refractivity contribution >= 4 is 38.7 Å². The lowest BCUT2D eigenvalue weighted by atomic mass is 10.1. The average molecular weight is 525 g/mol. The number of nitrogens with one attached hydrogen (secondary N) is 1. The van der Waals surface area contributed by atoms with E-state index in [4.69, 9.17) is 16.0 Å². The van der Waals surface area contributed by atoms with Crippen LogP contribution in [0.5, 0.6) is 0 Å². The lowest BCUT2D eigenvalue weighted by Crippen LogP contribution is -2.27. The Kier molecular flexibility index (Phi) is 7.71. The minimum absolute atomic E-state index is 0.0721. The summed E-state index contributed by atoms with van der Waals surface area (Å²) in [7, 11) is -3.75. The molecule has 10 heteroatoms. The third-order valence-electron chi connectivity index (χ3n) is 5.47. The highest BCUT2D eigenvalue weighted by molar-refractivity contribution is 7.90. The molecule has 2 heterocycles. The number of rotatable bonds is 9. The number of hydrogen-bond donors (Lipinski definition) is 1. The van der Waals surface area contributed by atoms with Crippen LogP contribution in [-0.2, 0) is 29.3 Å². The molecule has 0 bridgehead atoms. The van der Waals surface area contributed by atoms with E-state index in [-0.39, 0.29) is 5.69 Å². The van der Waals surface area contributed by atoms with Gasteiger partial charge in [0.2, 0.25) is 15.0 Å². The van der Waals surface area contributed by atoms with Crippen molar-refractivity contribution < 1.29 is 17.6 Å². The van der Waals surface area contributed by atoms with Crippen molar-refractivity contribution in [1.82, 2.24) is 9.97 Å². The summed E-state index contributed by atoms with van der Waals surface area (Å²) in [6.45, 7) is 2.81. The lowest BCUT2D eigenvalue weighted by molar-refractivity contribution is 0.102. The van der Waals surface area contributed by atoms with Crippen molar-refractivity contribution in [3.63, 3.8) is 0 Å². The molecule has 0 aliphatic heterocycles. The van der Waals surface area contributed by atoms with Crippen LogP contribution in [-0.4, -0.2) is 30.5 Å². The van der Waals surface area contributed by atoms with Gasteiger partial charge < -0.3 is 14.6 Å². The minimum Gasteiger partial charge on any atom is -0.467 e. The average Bonchev–Trinajstić information content (AvgIpc) is 3.38. The second kappa shape index (κ2) is 10.9. The first-order chi connectivity index (χ1) is 17.2. The van der Waals surface area contributed by atoms with Crippen LogP contribution < -0.4 is 10.2 Å². The molecule has 0 fully saturated rings. The number of furan rings is 1. The molecule has 2 aromatic heterocycles. The molecule has 0 aliphatic carbocycles. The first-order valence-corrected chi connectivity index (χ1v) is 13.5. The number of aromatic nitrogens is 2. The number of sulfone groups is 1. The van der Waals surface area contributed by atoms with Crippen LogP contribution >= 0.6 is 11.6 Å². The number of amides is 1. The molecular weight excluding hydrogens is 500 g/mol. The highest BCUT2D eigenvalue weighted by atomic mass is 35.5. The third-order valence-corrected chi connectivity index (χ3v) is 6.58. The van der Waals surface area contributed by atoms with Crippen LogP contribution in [0.15, 0.2) is 82.7 Å². The first kappa shape index (κ1) is 25.4. The van der Waals surface area contributed by atoms with Gasteiger partial charge in [-0.3, -0.25) is 4.79 Å². The van der Waals surface area contributed by atoms with Gasteiger partial charge in [-0.1, -0.05) is 42.8 Å². The SMILES string of the molecule is CCc1ccc(CN(Cc2ccco2)c2cnc(S(C)(=O)=O)nc2C(=O)Nc2ccc(Cl)cc2)cc1. The summed E-state index contributed by atoms with van der Waals surface area (Å²) in [6.07, 6.45) is 4.86. The molecule has 2 aromatic carbocycles. The van der Waals surface area contributed by atoms with E-state index < -0.39 is 20.9 Å². The topological polar surface area (TPSA) is 105 Å². The van der Waals surface area contributed by atoms with Gasteiger partial charge in [0.05, 0.1) is 24.7 Å². The van der Waals surface area contributed by atoms with Gasteiger partial charge in [0.1, 0.15) is 5.76 Å². The normalized spacial score (nSPS) is 11.3. The highest BCUT2D eigenvalue weighted by Crippen LogP contribution is 2.26. The Morgan fingerprint density at radius 1 is 1.03 bits per heavy atom. The molecule has 0 aliphatic rings. The van der Waals surface area contributed by atoms with Gasteiger partial charge in [-0.25, -0.2) is 18.4 Å². The number of carbonyl (C=O) groups excluding carboxylic acids is 1. The molecule has 0 spiro atoms. The predicted octanol–water partition coefficient (Wildman–Crippen LogP) is 5.15. The van der Waals surface area contributed by atoms with E-state index >= 15 is 0 Å². The molecule has 0 radical (unpaired) electrons. The summed E-state index contributed by atoms with van der Waals surface area (Å²) in [5.41, 5.74) is 2.99. The monoisotopic (exact) mass is 524 g/mol. The molecule has 186 valence electrons. The summed E-state index contributed by atoms with van der Waals surface area (Å²) < 4.78 is 29.9. The molecule has 1 N–H and O–H groups in total. The zero-order valence-electron chi connectivity index (χ0n) is 19.8. The number of anilines is 2. The summed E-state index contributed by atoms with van der Waals surface area (Å²) in [6, 6.07) is 18.3. The fourth-order valence-corrected chi connectivity index (χ4v) is 4.20. The zero-order chi connectivity index (χ0) is 25.7. The Bertz CT molecular complexity index is 1440. The van der Waals surface area contributed by atoms with Gasteiger partial charge in [-0.2, -0.15) is 0 Å². The lowest BCUT2D eigenvalue weighted by Gasteiger charge is -2.25. The molecule has 4 aromatic rings. The molecule has 4 rings (SSSR count). The van der Waals surface area contributed by atoms with E-state index in [1.54, 1.807) is 36.6 Å². The minimum atomic E-state index is -3.75. The fraction of sp³-hybridized carbons (Fsp3) is 0.192. The van der Waals surface area contributed by atoms with E-state index in [2.05, 4.69) is 34.3 Å². The van der Waals surface area contributed by atoms with Crippen LogP contribution in [0.25, 0.3) is 0 Å². The fourth-order valence-electron chi connectivity index (χ4n) is 3.58. The number of hydrogen-bond acceptors (Lipinski definition) is 7. The molecular formula is C26H25ClN4O4S. The van der Waals surface area contributed by atoms with E-state index in [0.29, 0.717) is 35.2 Å². The largest absolute Gasteiger partial charge is 0.467 e. The number of benzene rings is 2. The Morgan fingerprint density at radius 3 is 2.33 bits per heavy atom. The molecule has 1 amide bonds. The van der Waals surface area contributed by atoms with Gasteiger partial charge in [0.25, 0.3) is 5.91 Å². The summed E-state index contributed by atoms with van der Waals surface area (Å²) in [5, 5.41) is 2.85. The second-order valence-electron chi connectivity index (χ2n) is 8.23. The van der Waals surface area contributed by atoms with Gasteiger partial charge in [-0.15, -0.1) is 0 Å². The van der Waals surface area contributed by atoms with E-state index in [1.807, 2.05) is 23.1 Å². The molecule has 0 saturated carbocycles. The predicted molar refractivity (Wildman–Crippen MR) is 139 cm³/mol. The number of halogens is 1. The Hall–Kier alpha value is -3.69. The van der Waals surface area contributed by atoms with Crippen LogP contribution in [0.3, 0.4) is 0 Å². The Labute approximate surface area is 214 Å². The molecule has 0 atom stereocenters. The van der Waals surface area contributed by atoms with Gasteiger partial charge in [0, 0.05) is 23.5 Å². The first-order valence-electron chi connectivity index (χ1n) is 11.2. The molecule has 0 saturated heterocycles. The second-order valence-corrected chi connectivity index (χ2v) is 10.6. The van der Waals surface area contributed by atoms with E-state index in [0.717, 1.165) is 18.2 Å². The van der Waals surface area contributed by atoms with Gasteiger partial charge >= 0.3 is 0 Å². The van der Waals surface area contributed by atoms with Crippen LogP contribution in [0, 0.1) is 0 Å². The smallest absolute Gasteiger partial charge is 0.276 e. The Balaban J connectivity index is 1.76. The maximum atomic E-state index is 13.4. The van der Waals surface area contributed by atoms with Crippen LogP contribution in [0.2, 0.25) is 5.02 Å². The zero-order valence-corrected chi connectivity index (χ0v) is 21.4. The van der Waals surface area contributed by atoms with Crippen LogP contribution in [0.1, 0.15) is 34.3 Å². The van der Waals surface area contributed by atoms with Crippen molar-refractivity contribution in [2.24, 2.45) is 0 Å². The standard InChI is InChI=1S/C26H25ClN4O4S/c1-3-18-6-8-19(9-7-18)16-31(17-22-5-4-14-35-22)23-15-28-26(36(2,33)34)30-24(23)25(32)29-21-12-10-20(27)11-13-21/h4-15H,3,16-17H2,1-2H3,(H,29,32). The summed E-state index contributed by atoms with van der Waals surface area (Å²) in [4.78, 5) is 23.5. The quantitative estimate of drug-likeness (QED) is 0.302. The van der Waals surface area contributed by atoms with Crippen molar-refractivity contribution in [3.05, 3.63) is 101 Å². The summed E-state index contributed by atoms with van der Waals surface area (Å²) in [5.74, 6) is 0.0850. The number of aryl methyl sites for hydroxylation is 1. The van der Waals surface area contributed by atoms with Gasteiger partial charge in [0.15, 0.2) is 5.69 Å². The Morgan fingerprint density at radius 2 is 1.72 bits per heavy atom. The van der Waals surface area contributed by atoms with Gasteiger partial charge in [-0.05, 0) is 53.9 Å². The van der Waals surface area contributed by atoms with Crippen molar-refractivity contribution in [1.29, 1.82) is 0 Å². The molecule has 36 heavy (non-hydrogen) atoms. The van der Waals surface area contributed by atoms with Crippen molar-refractivity contribution in [2.75, 3.05) is 16.5 Å². The summed E-state index contributed by atoms with van der Waals surface area (Å²) >= 11 is 5.95. The van der Waals surface area contributed by atoms with Crippen molar-refractivity contribution in [2.45, 2.75) is 31.6 Å². The maximum absolute atomic E-state index is 13.4. The van der Waals surface area contributed by atoms with E-state index in [9.17, 15) is 13.2 Å². The highest BCUT2D eigenvalue weighted by Gasteiger charge is 2.24. The van der Waals surface area contributed by atoms with E-state index in [1.165, 1.54) is 11.8 Å². The molecule has 0 unspecified atom stereocenters. The molecule has 8 nitrogen and oxygen atoms in total. The number of carbonyl (C=O) groups is 1.